The first-order valence-electron chi connectivity index (χ1n) is 7.39. The predicted molar refractivity (Wildman–Crippen MR) is 80.5 cm³/mol. The van der Waals surface area contributed by atoms with Crippen LogP contribution in [0.25, 0.3) is 0 Å². The fraction of sp³-hybridized carbons (Fsp3) is 0.625. The van der Waals surface area contributed by atoms with E-state index in [1.807, 2.05) is 24.3 Å². The molecule has 1 aliphatic carbocycles. The second kappa shape index (κ2) is 7.28. The van der Waals surface area contributed by atoms with E-state index in [1.165, 1.54) is 25.7 Å². The number of halogens is 1. The maximum atomic E-state index is 10.3. The van der Waals surface area contributed by atoms with Crippen molar-refractivity contribution >= 4 is 11.6 Å². The highest BCUT2D eigenvalue weighted by Gasteiger charge is 2.22. The van der Waals surface area contributed by atoms with Gasteiger partial charge in [0, 0.05) is 17.6 Å². The van der Waals surface area contributed by atoms with Gasteiger partial charge in [-0.25, -0.2) is 0 Å². The Balaban J connectivity index is 1.88. The first kappa shape index (κ1) is 14.8. The Labute approximate surface area is 121 Å². The van der Waals surface area contributed by atoms with Gasteiger partial charge >= 0.3 is 0 Å². The van der Waals surface area contributed by atoms with Gasteiger partial charge in [-0.2, -0.15) is 0 Å². The lowest BCUT2D eigenvalue weighted by atomic mass is 10.1. The fourth-order valence-corrected chi connectivity index (χ4v) is 3.32. The summed E-state index contributed by atoms with van der Waals surface area (Å²) in [4.78, 5) is 2.51. The molecule has 0 bridgehead atoms. The third kappa shape index (κ3) is 3.95. The van der Waals surface area contributed by atoms with E-state index in [-0.39, 0.29) is 0 Å². The molecule has 0 heterocycles. The molecule has 3 heteroatoms. The molecule has 0 radical (unpaired) electrons. The van der Waals surface area contributed by atoms with Gasteiger partial charge in [-0.05, 0) is 37.4 Å². The molecule has 0 aromatic heterocycles. The van der Waals surface area contributed by atoms with Gasteiger partial charge in [-0.1, -0.05) is 49.6 Å². The van der Waals surface area contributed by atoms with Crippen molar-refractivity contribution in [2.75, 3.05) is 13.1 Å². The summed E-state index contributed by atoms with van der Waals surface area (Å²) in [5, 5.41) is 10.9. The van der Waals surface area contributed by atoms with Crippen LogP contribution in [0.15, 0.2) is 24.3 Å². The number of aliphatic hydroxyl groups is 1. The van der Waals surface area contributed by atoms with Crippen LogP contribution in [0.1, 0.15) is 50.7 Å². The zero-order chi connectivity index (χ0) is 13.7. The first-order valence-corrected chi connectivity index (χ1v) is 7.76. The molecule has 1 saturated carbocycles. The van der Waals surface area contributed by atoms with Gasteiger partial charge in [0.25, 0.3) is 0 Å². The average Bonchev–Trinajstić information content (AvgIpc) is 2.94. The molecule has 1 aliphatic rings. The van der Waals surface area contributed by atoms with Crippen molar-refractivity contribution in [2.24, 2.45) is 0 Å². The molecular weight excluding hydrogens is 258 g/mol. The van der Waals surface area contributed by atoms with E-state index in [2.05, 4.69) is 11.8 Å². The number of hydrogen-bond acceptors (Lipinski definition) is 2. The predicted octanol–water partition coefficient (Wildman–Crippen LogP) is 4.03. The molecule has 0 spiro atoms. The van der Waals surface area contributed by atoms with Crippen molar-refractivity contribution in [2.45, 2.75) is 51.2 Å². The van der Waals surface area contributed by atoms with E-state index < -0.39 is 6.10 Å². The van der Waals surface area contributed by atoms with E-state index in [9.17, 15) is 5.11 Å². The number of benzene rings is 1. The average molecular weight is 282 g/mol. The Morgan fingerprint density at radius 1 is 1.32 bits per heavy atom. The highest BCUT2D eigenvalue weighted by Crippen LogP contribution is 2.27. The molecule has 0 saturated heterocycles. The Morgan fingerprint density at radius 3 is 2.63 bits per heavy atom. The van der Waals surface area contributed by atoms with Crippen LogP contribution in [0.4, 0.5) is 0 Å². The van der Waals surface area contributed by atoms with Gasteiger partial charge in [-0.3, -0.25) is 0 Å². The van der Waals surface area contributed by atoms with Crippen LogP contribution >= 0.6 is 11.6 Å². The van der Waals surface area contributed by atoms with Crippen molar-refractivity contribution in [3.63, 3.8) is 0 Å². The zero-order valence-corrected chi connectivity index (χ0v) is 12.4. The van der Waals surface area contributed by atoms with Crippen LogP contribution in [0.2, 0.25) is 5.02 Å². The van der Waals surface area contributed by atoms with Crippen LogP contribution < -0.4 is 0 Å². The molecule has 1 fully saturated rings. The Hall–Kier alpha value is -0.570. The lowest BCUT2D eigenvalue weighted by Crippen LogP contribution is -2.34. The highest BCUT2D eigenvalue weighted by atomic mass is 35.5. The summed E-state index contributed by atoms with van der Waals surface area (Å²) in [6.07, 6.45) is 5.65. The van der Waals surface area contributed by atoms with Gasteiger partial charge in [-0.15, -0.1) is 0 Å². The van der Waals surface area contributed by atoms with Crippen LogP contribution in [0.5, 0.6) is 0 Å². The lowest BCUT2D eigenvalue weighted by Gasteiger charge is -2.28. The summed E-state index contributed by atoms with van der Waals surface area (Å²) in [6.45, 7) is 4.23. The van der Waals surface area contributed by atoms with Crippen molar-refractivity contribution in [1.82, 2.24) is 4.90 Å². The van der Waals surface area contributed by atoms with Gasteiger partial charge in [0.15, 0.2) is 0 Å². The molecule has 0 aliphatic heterocycles. The molecule has 19 heavy (non-hydrogen) atoms. The summed E-state index contributed by atoms with van der Waals surface area (Å²) in [5.74, 6) is 0. The topological polar surface area (TPSA) is 23.5 Å². The van der Waals surface area contributed by atoms with E-state index in [0.29, 0.717) is 5.02 Å². The fourth-order valence-electron chi connectivity index (χ4n) is 3.06. The summed E-state index contributed by atoms with van der Waals surface area (Å²) in [5.41, 5.74) is 0.853. The molecule has 2 rings (SSSR count). The Bertz CT molecular complexity index is 390. The van der Waals surface area contributed by atoms with E-state index in [1.54, 1.807) is 0 Å². The third-order valence-electron chi connectivity index (χ3n) is 4.20. The van der Waals surface area contributed by atoms with Crippen molar-refractivity contribution in [3.05, 3.63) is 34.9 Å². The van der Waals surface area contributed by atoms with Crippen molar-refractivity contribution < 1.29 is 5.11 Å². The quantitative estimate of drug-likeness (QED) is 0.851. The summed E-state index contributed by atoms with van der Waals surface area (Å²) >= 11 is 6.12. The van der Waals surface area contributed by atoms with Gasteiger partial charge in [0.1, 0.15) is 0 Å². The van der Waals surface area contributed by atoms with E-state index >= 15 is 0 Å². The first-order chi connectivity index (χ1) is 9.22. The molecular formula is C16H24ClNO. The molecule has 1 N–H and O–H groups in total. The second-order valence-electron chi connectivity index (χ2n) is 5.39. The van der Waals surface area contributed by atoms with Crippen LogP contribution in [-0.4, -0.2) is 29.1 Å². The van der Waals surface area contributed by atoms with E-state index in [4.69, 9.17) is 11.6 Å². The largest absolute Gasteiger partial charge is 0.388 e. The number of aliphatic hydroxyl groups excluding tert-OH is 1. The Morgan fingerprint density at radius 2 is 2.00 bits per heavy atom. The van der Waals surface area contributed by atoms with Gasteiger partial charge in [0.2, 0.25) is 0 Å². The molecule has 0 amide bonds. The smallest absolute Gasteiger partial charge is 0.0816 e. The molecule has 1 unspecified atom stereocenters. The highest BCUT2D eigenvalue weighted by molar-refractivity contribution is 6.31. The monoisotopic (exact) mass is 281 g/mol. The van der Waals surface area contributed by atoms with E-state index in [0.717, 1.165) is 31.1 Å². The minimum absolute atomic E-state index is 0.454. The van der Waals surface area contributed by atoms with Crippen LogP contribution in [-0.2, 0) is 0 Å². The normalized spacial score (nSPS) is 18.1. The molecule has 1 aromatic rings. The minimum Gasteiger partial charge on any atom is -0.388 e. The van der Waals surface area contributed by atoms with Crippen LogP contribution in [0.3, 0.4) is 0 Å². The summed E-state index contributed by atoms with van der Waals surface area (Å²) < 4.78 is 0. The Kier molecular flexibility index (Phi) is 5.68. The molecule has 106 valence electrons. The zero-order valence-electron chi connectivity index (χ0n) is 11.7. The lowest BCUT2D eigenvalue weighted by molar-refractivity contribution is 0.127. The standard InChI is InChI=1S/C16H24ClNO/c1-2-18(13-7-3-4-8-13)12-11-16(19)14-9-5-6-10-15(14)17/h5-6,9-10,13,16,19H,2-4,7-8,11-12H2,1H3. The van der Waals surface area contributed by atoms with Gasteiger partial charge < -0.3 is 10.0 Å². The van der Waals surface area contributed by atoms with Crippen molar-refractivity contribution in [3.8, 4) is 0 Å². The molecule has 2 nitrogen and oxygen atoms in total. The third-order valence-corrected chi connectivity index (χ3v) is 4.55. The maximum Gasteiger partial charge on any atom is 0.0816 e. The number of rotatable bonds is 6. The second-order valence-corrected chi connectivity index (χ2v) is 5.80. The van der Waals surface area contributed by atoms with Gasteiger partial charge in [0.05, 0.1) is 6.10 Å². The SMILES string of the molecule is CCN(CCC(O)c1ccccc1Cl)C1CCCC1. The van der Waals surface area contributed by atoms with Crippen LogP contribution in [0, 0.1) is 0 Å². The summed E-state index contributed by atoms with van der Waals surface area (Å²) in [6, 6.07) is 8.31. The summed E-state index contributed by atoms with van der Waals surface area (Å²) in [7, 11) is 0. The molecule has 1 atom stereocenters. The minimum atomic E-state index is -0.454. The van der Waals surface area contributed by atoms with Crippen molar-refractivity contribution in [1.29, 1.82) is 0 Å². The number of hydrogen-bond donors (Lipinski definition) is 1. The maximum absolute atomic E-state index is 10.3. The number of nitrogens with zero attached hydrogens (tertiary/aromatic N) is 1. The molecule has 1 aromatic carbocycles.